The maximum absolute atomic E-state index is 11.9. The van der Waals surface area contributed by atoms with Gasteiger partial charge < -0.3 is 9.80 Å². The van der Waals surface area contributed by atoms with Gasteiger partial charge in [-0.25, -0.2) is 9.97 Å². The predicted molar refractivity (Wildman–Crippen MR) is 94.8 cm³/mol. The van der Waals surface area contributed by atoms with Gasteiger partial charge in [0.25, 0.3) is 0 Å². The van der Waals surface area contributed by atoms with Crippen LogP contribution in [0.1, 0.15) is 0 Å². The molecule has 0 atom stereocenters. The van der Waals surface area contributed by atoms with Crippen molar-refractivity contribution in [1.82, 2.24) is 14.9 Å². The zero-order chi connectivity index (χ0) is 16.4. The molecule has 0 saturated carbocycles. The summed E-state index contributed by atoms with van der Waals surface area (Å²) >= 11 is 1.63. The second-order valence-corrected chi connectivity index (χ2v) is 6.57. The van der Waals surface area contributed by atoms with Crippen LogP contribution in [0.25, 0.3) is 20.7 Å². The number of likely N-dealkylation sites (N-methyl/N-ethyl adjacent to an activating group) is 2. The van der Waals surface area contributed by atoms with Crippen LogP contribution in [-0.4, -0.2) is 48.5 Å². The molecule has 0 fully saturated rings. The molecule has 3 rings (SSSR count). The van der Waals surface area contributed by atoms with Gasteiger partial charge in [0.15, 0.2) is 0 Å². The summed E-state index contributed by atoms with van der Waals surface area (Å²) in [7, 11) is 5.39. The Hall–Kier alpha value is -2.47. The summed E-state index contributed by atoms with van der Waals surface area (Å²) < 4.78 is 0. The lowest BCUT2D eigenvalue weighted by Crippen LogP contribution is -2.34. The minimum atomic E-state index is 0.0396. The first kappa shape index (κ1) is 15.4. The third-order valence-corrected chi connectivity index (χ3v) is 4.69. The zero-order valence-electron chi connectivity index (χ0n) is 13.4. The van der Waals surface area contributed by atoms with Crippen LogP contribution in [0.2, 0.25) is 0 Å². The maximum atomic E-state index is 11.9. The third kappa shape index (κ3) is 3.17. The number of carbonyl (C=O) groups excluding carboxylic acids is 1. The summed E-state index contributed by atoms with van der Waals surface area (Å²) in [6.45, 7) is 0.287. The summed E-state index contributed by atoms with van der Waals surface area (Å²) in [4.78, 5) is 26.2. The van der Waals surface area contributed by atoms with Crippen molar-refractivity contribution in [3.05, 3.63) is 42.7 Å². The van der Waals surface area contributed by atoms with Gasteiger partial charge in [0, 0.05) is 26.0 Å². The molecule has 0 aliphatic carbocycles. The smallest absolute Gasteiger partial charge is 0.241 e. The Labute approximate surface area is 139 Å². The Balaban J connectivity index is 1.99. The lowest BCUT2D eigenvalue weighted by molar-refractivity contribution is -0.127. The van der Waals surface area contributed by atoms with Gasteiger partial charge >= 0.3 is 0 Å². The number of carbonyl (C=O) groups is 1. The summed E-state index contributed by atoms with van der Waals surface area (Å²) in [5.74, 6) is 0.821. The van der Waals surface area contributed by atoms with Crippen LogP contribution in [0, 0.1) is 0 Å². The maximum Gasteiger partial charge on any atom is 0.241 e. The van der Waals surface area contributed by atoms with Crippen LogP contribution in [0.5, 0.6) is 0 Å². The molecule has 0 radical (unpaired) electrons. The Kier molecular flexibility index (Phi) is 4.25. The minimum absolute atomic E-state index is 0.0396. The van der Waals surface area contributed by atoms with E-state index in [1.54, 1.807) is 36.7 Å². The fourth-order valence-corrected chi connectivity index (χ4v) is 3.31. The van der Waals surface area contributed by atoms with Gasteiger partial charge in [-0.05, 0) is 11.6 Å². The van der Waals surface area contributed by atoms with Crippen molar-refractivity contribution >= 4 is 33.3 Å². The minimum Gasteiger partial charge on any atom is -0.350 e. The van der Waals surface area contributed by atoms with E-state index in [9.17, 15) is 4.79 Å². The number of thiophene rings is 1. The van der Waals surface area contributed by atoms with Crippen LogP contribution in [0.3, 0.4) is 0 Å². The molecule has 1 amide bonds. The average Bonchev–Trinajstić information content (AvgIpc) is 2.99. The highest BCUT2D eigenvalue weighted by Gasteiger charge is 2.15. The lowest BCUT2D eigenvalue weighted by Gasteiger charge is -2.20. The summed E-state index contributed by atoms with van der Waals surface area (Å²) in [6, 6.07) is 12.3. The number of hydrogen-bond donors (Lipinski definition) is 0. The Morgan fingerprint density at radius 3 is 2.57 bits per heavy atom. The van der Waals surface area contributed by atoms with E-state index >= 15 is 0 Å². The van der Waals surface area contributed by atoms with E-state index in [1.807, 2.05) is 30.1 Å². The molecule has 0 bridgehead atoms. The first-order valence-corrected chi connectivity index (χ1v) is 8.09. The molecule has 2 heterocycles. The van der Waals surface area contributed by atoms with E-state index in [2.05, 4.69) is 28.2 Å². The molecule has 1 aromatic carbocycles. The average molecular weight is 326 g/mol. The van der Waals surface area contributed by atoms with Gasteiger partial charge in [0.1, 0.15) is 17.0 Å². The first-order valence-electron chi connectivity index (χ1n) is 7.27. The molecule has 0 saturated heterocycles. The quantitative estimate of drug-likeness (QED) is 0.740. The highest BCUT2D eigenvalue weighted by molar-refractivity contribution is 7.21. The van der Waals surface area contributed by atoms with Crippen LogP contribution >= 0.6 is 11.3 Å². The highest BCUT2D eigenvalue weighted by atomic mass is 32.1. The summed E-state index contributed by atoms with van der Waals surface area (Å²) in [5, 5.41) is 0.977. The Morgan fingerprint density at radius 1 is 1.13 bits per heavy atom. The van der Waals surface area contributed by atoms with Gasteiger partial charge in [-0.15, -0.1) is 11.3 Å². The molecule has 0 N–H and O–H groups in total. The third-order valence-electron chi connectivity index (χ3n) is 3.60. The molecule has 0 spiro atoms. The number of fused-ring (bicyclic) bond motifs is 1. The van der Waals surface area contributed by atoms with Gasteiger partial charge in [0.05, 0.1) is 11.9 Å². The molecule has 6 heteroatoms. The number of benzene rings is 1. The highest BCUT2D eigenvalue weighted by Crippen LogP contribution is 2.35. The van der Waals surface area contributed by atoms with Crippen LogP contribution in [0.4, 0.5) is 5.82 Å². The van der Waals surface area contributed by atoms with E-state index in [4.69, 9.17) is 0 Å². The van der Waals surface area contributed by atoms with Gasteiger partial charge in [-0.3, -0.25) is 4.79 Å². The van der Waals surface area contributed by atoms with Crippen molar-refractivity contribution < 1.29 is 4.79 Å². The largest absolute Gasteiger partial charge is 0.350 e. The standard InChI is InChI=1S/C17H18N4OS/c1-20(2)15(22)10-21(3)16-13-9-14(12-7-5-4-6-8-12)23-17(13)19-11-18-16/h4-9,11H,10H2,1-3H3. The lowest BCUT2D eigenvalue weighted by atomic mass is 10.2. The molecule has 5 nitrogen and oxygen atoms in total. The van der Waals surface area contributed by atoms with Crippen molar-refractivity contribution in [2.75, 3.05) is 32.6 Å². The van der Waals surface area contributed by atoms with E-state index in [0.29, 0.717) is 0 Å². The predicted octanol–water partition coefficient (Wildman–Crippen LogP) is 2.88. The normalized spacial score (nSPS) is 10.7. The number of nitrogens with zero attached hydrogens (tertiary/aromatic N) is 4. The van der Waals surface area contributed by atoms with Crippen molar-refractivity contribution in [2.45, 2.75) is 0 Å². The van der Waals surface area contributed by atoms with E-state index in [0.717, 1.165) is 26.5 Å². The molecular formula is C17H18N4OS. The Bertz CT molecular complexity index is 829. The topological polar surface area (TPSA) is 49.3 Å². The fraction of sp³-hybridized carbons (Fsp3) is 0.235. The number of anilines is 1. The molecule has 3 aromatic rings. The SMILES string of the molecule is CN(C)C(=O)CN(C)c1ncnc2sc(-c3ccccc3)cc12. The van der Waals surface area contributed by atoms with Gasteiger partial charge in [0.2, 0.25) is 5.91 Å². The van der Waals surface area contributed by atoms with E-state index < -0.39 is 0 Å². The molecule has 0 aliphatic heterocycles. The number of aromatic nitrogens is 2. The van der Waals surface area contributed by atoms with Gasteiger partial charge in [-0.1, -0.05) is 30.3 Å². The van der Waals surface area contributed by atoms with E-state index in [1.165, 1.54) is 0 Å². The molecular weight excluding hydrogens is 308 g/mol. The molecule has 118 valence electrons. The van der Waals surface area contributed by atoms with Gasteiger partial charge in [-0.2, -0.15) is 0 Å². The van der Waals surface area contributed by atoms with Crippen molar-refractivity contribution in [3.8, 4) is 10.4 Å². The second-order valence-electron chi connectivity index (χ2n) is 5.54. The van der Waals surface area contributed by atoms with E-state index in [-0.39, 0.29) is 12.5 Å². The fourth-order valence-electron chi connectivity index (χ4n) is 2.31. The number of rotatable bonds is 4. The molecule has 0 aliphatic rings. The number of hydrogen-bond acceptors (Lipinski definition) is 5. The Morgan fingerprint density at radius 2 is 1.87 bits per heavy atom. The second kappa shape index (κ2) is 6.34. The summed E-state index contributed by atoms with van der Waals surface area (Å²) in [5.41, 5.74) is 1.16. The monoisotopic (exact) mass is 326 g/mol. The first-order chi connectivity index (χ1) is 11.1. The van der Waals surface area contributed by atoms with Crippen LogP contribution in [-0.2, 0) is 4.79 Å². The summed E-state index contributed by atoms with van der Waals surface area (Å²) in [6.07, 6.45) is 1.56. The van der Waals surface area contributed by atoms with Crippen molar-refractivity contribution in [3.63, 3.8) is 0 Å². The van der Waals surface area contributed by atoms with Crippen LogP contribution < -0.4 is 4.90 Å². The molecule has 0 unspecified atom stereocenters. The number of amides is 1. The van der Waals surface area contributed by atoms with Crippen molar-refractivity contribution in [2.24, 2.45) is 0 Å². The zero-order valence-corrected chi connectivity index (χ0v) is 14.2. The van der Waals surface area contributed by atoms with Crippen LogP contribution in [0.15, 0.2) is 42.7 Å². The molecule has 23 heavy (non-hydrogen) atoms. The molecule has 2 aromatic heterocycles. The van der Waals surface area contributed by atoms with Crippen molar-refractivity contribution in [1.29, 1.82) is 0 Å².